The van der Waals surface area contributed by atoms with Crippen molar-refractivity contribution >= 4 is 17.7 Å². The second-order valence-electron chi connectivity index (χ2n) is 5.08. The number of carboxylic acids is 1. The molecule has 1 unspecified atom stereocenters. The molecule has 1 aromatic carbocycles. The van der Waals surface area contributed by atoms with E-state index in [0.29, 0.717) is 12.2 Å². The molecule has 0 aliphatic carbocycles. The second kappa shape index (κ2) is 8.26. The summed E-state index contributed by atoms with van der Waals surface area (Å²) < 4.78 is 0. The van der Waals surface area contributed by atoms with Crippen molar-refractivity contribution in [2.45, 2.75) is 19.3 Å². The molecule has 116 valence electrons. The second-order valence-corrected chi connectivity index (χ2v) is 5.08. The van der Waals surface area contributed by atoms with Crippen LogP contribution in [0.2, 0.25) is 0 Å². The van der Waals surface area contributed by atoms with Gasteiger partial charge in [-0.25, -0.2) is 4.79 Å². The first-order valence-corrected chi connectivity index (χ1v) is 6.92. The lowest BCUT2D eigenvalue weighted by Crippen LogP contribution is -2.35. The zero-order valence-corrected chi connectivity index (χ0v) is 12.7. The maximum Gasteiger partial charge on any atom is 0.321 e. The molecule has 0 bridgehead atoms. The monoisotopic (exact) mass is 293 g/mol. The molecule has 1 rings (SSSR count). The van der Waals surface area contributed by atoms with E-state index in [4.69, 9.17) is 5.11 Å². The molecule has 6 heteroatoms. The Balaban J connectivity index is 2.58. The number of benzene rings is 1. The van der Waals surface area contributed by atoms with Crippen molar-refractivity contribution in [1.82, 2.24) is 10.2 Å². The van der Waals surface area contributed by atoms with Crippen LogP contribution in [-0.2, 0) is 4.79 Å². The van der Waals surface area contributed by atoms with Gasteiger partial charge in [-0.3, -0.25) is 4.79 Å². The van der Waals surface area contributed by atoms with Crippen LogP contribution < -0.4 is 10.6 Å². The van der Waals surface area contributed by atoms with Crippen LogP contribution in [0.15, 0.2) is 24.3 Å². The first-order chi connectivity index (χ1) is 9.93. The van der Waals surface area contributed by atoms with E-state index in [1.165, 1.54) is 0 Å². The van der Waals surface area contributed by atoms with Gasteiger partial charge in [0.2, 0.25) is 0 Å². The number of anilines is 1. The normalized spacial score (nSPS) is 11.8. The number of carbonyl (C=O) groups is 2. The molecule has 0 saturated carbocycles. The van der Waals surface area contributed by atoms with Crippen LogP contribution in [-0.4, -0.2) is 49.2 Å². The highest BCUT2D eigenvalue weighted by Crippen LogP contribution is 2.21. The number of carbonyl (C=O) groups excluding carboxylic acids is 1. The Morgan fingerprint density at radius 1 is 1.29 bits per heavy atom. The molecule has 21 heavy (non-hydrogen) atoms. The van der Waals surface area contributed by atoms with Crippen molar-refractivity contribution in [3.8, 4) is 0 Å². The molecule has 3 N–H and O–H groups in total. The Morgan fingerprint density at radius 3 is 2.43 bits per heavy atom. The van der Waals surface area contributed by atoms with E-state index in [0.717, 1.165) is 12.1 Å². The van der Waals surface area contributed by atoms with Gasteiger partial charge in [-0.15, -0.1) is 0 Å². The highest BCUT2D eigenvalue weighted by molar-refractivity contribution is 5.89. The lowest BCUT2D eigenvalue weighted by atomic mass is 9.98. The van der Waals surface area contributed by atoms with Crippen molar-refractivity contribution in [3.63, 3.8) is 0 Å². The molecule has 0 aliphatic heterocycles. The molecule has 0 fully saturated rings. The predicted octanol–water partition coefficient (Wildman–Crippen LogP) is 1.95. The Labute approximate surface area is 125 Å². The maximum absolute atomic E-state index is 11.9. The van der Waals surface area contributed by atoms with Crippen molar-refractivity contribution in [2.24, 2.45) is 0 Å². The summed E-state index contributed by atoms with van der Waals surface area (Å²) in [7, 11) is 3.57. The summed E-state index contributed by atoms with van der Waals surface area (Å²) >= 11 is 0. The Morgan fingerprint density at radius 2 is 1.90 bits per heavy atom. The minimum absolute atomic E-state index is 0.0504. The fraction of sp³-hybridized carbons (Fsp3) is 0.467. The lowest BCUT2D eigenvalue weighted by Gasteiger charge is -2.18. The zero-order valence-electron chi connectivity index (χ0n) is 12.7. The fourth-order valence-electron chi connectivity index (χ4n) is 1.87. The van der Waals surface area contributed by atoms with Gasteiger partial charge in [0.15, 0.2) is 0 Å². The van der Waals surface area contributed by atoms with Crippen LogP contribution in [0.5, 0.6) is 0 Å². The summed E-state index contributed by atoms with van der Waals surface area (Å²) in [4.78, 5) is 24.2. The van der Waals surface area contributed by atoms with Gasteiger partial charge in [0.1, 0.15) is 0 Å². The average Bonchev–Trinajstić information content (AvgIpc) is 2.44. The van der Waals surface area contributed by atoms with Gasteiger partial charge in [-0.2, -0.15) is 0 Å². The van der Waals surface area contributed by atoms with Crippen molar-refractivity contribution in [1.29, 1.82) is 0 Å². The van der Waals surface area contributed by atoms with Gasteiger partial charge < -0.3 is 20.6 Å². The van der Waals surface area contributed by atoms with Gasteiger partial charge in [-0.1, -0.05) is 19.1 Å². The molecular weight excluding hydrogens is 270 g/mol. The minimum Gasteiger partial charge on any atom is -0.481 e. The Kier molecular flexibility index (Phi) is 6.68. The molecular formula is C15H23N3O3. The topological polar surface area (TPSA) is 81.7 Å². The number of hydrogen-bond donors (Lipinski definition) is 3. The molecule has 0 aliphatic rings. The Hall–Kier alpha value is -2.08. The third-order valence-electron chi connectivity index (χ3n) is 3.26. The molecule has 0 saturated heterocycles. The summed E-state index contributed by atoms with van der Waals surface area (Å²) in [5, 5.41) is 14.6. The largest absolute Gasteiger partial charge is 0.481 e. The van der Waals surface area contributed by atoms with E-state index in [1.807, 2.05) is 26.1 Å². The van der Waals surface area contributed by atoms with E-state index < -0.39 is 5.97 Å². The Bertz CT molecular complexity index is 474. The summed E-state index contributed by atoms with van der Waals surface area (Å²) in [5.41, 5.74) is 1.64. The number of hydrogen-bond acceptors (Lipinski definition) is 3. The van der Waals surface area contributed by atoms with Crippen LogP contribution in [0.25, 0.3) is 0 Å². The van der Waals surface area contributed by atoms with E-state index in [2.05, 4.69) is 10.6 Å². The number of nitrogens with zero attached hydrogens (tertiary/aromatic N) is 1. The SMILES string of the molecule is CNCCN(C)C(=O)Nc1ccc(C(C)CC(=O)O)cc1. The number of carboxylic acid groups (broad SMARTS) is 1. The van der Waals surface area contributed by atoms with Crippen LogP contribution in [0.4, 0.5) is 10.5 Å². The van der Waals surface area contributed by atoms with E-state index in [9.17, 15) is 9.59 Å². The van der Waals surface area contributed by atoms with E-state index in [-0.39, 0.29) is 18.4 Å². The highest BCUT2D eigenvalue weighted by atomic mass is 16.4. The maximum atomic E-state index is 11.9. The molecule has 6 nitrogen and oxygen atoms in total. The molecule has 2 amide bonds. The third kappa shape index (κ3) is 5.83. The fourth-order valence-corrected chi connectivity index (χ4v) is 1.87. The van der Waals surface area contributed by atoms with Gasteiger partial charge >= 0.3 is 12.0 Å². The number of rotatable bonds is 7. The van der Waals surface area contributed by atoms with Crippen molar-refractivity contribution < 1.29 is 14.7 Å². The minimum atomic E-state index is -0.814. The van der Waals surface area contributed by atoms with Gasteiger partial charge in [-0.05, 0) is 30.7 Å². The smallest absolute Gasteiger partial charge is 0.321 e. The van der Waals surface area contributed by atoms with Crippen LogP contribution in [0.1, 0.15) is 24.8 Å². The molecule has 1 atom stereocenters. The predicted molar refractivity (Wildman–Crippen MR) is 82.7 cm³/mol. The number of aliphatic carboxylic acids is 1. The van der Waals surface area contributed by atoms with Crippen LogP contribution in [0.3, 0.4) is 0 Å². The first kappa shape index (κ1) is 17.0. The summed E-state index contributed by atoms with van der Waals surface area (Å²) in [6.45, 7) is 3.22. The number of nitrogens with one attached hydrogen (secondary N) is 2. The number of likely N-dealkylation sites (N-methyl/N-ethyl adjacent to an activating group) is 2. The van der Waals surface area contributed by atoms with Crippen LogP contribution in [0, 0.1) is 0 Å². The van der Waals surface area contributed by atoms with Crippen LogP contribution >= 0.6 is 0 Å². The summed E-state index contributed by atoms with van der Waals surface area (Å²) in [6, 6.07) is 7.10. The standard InChI is InChI=1S/C15H23N3O3/c1-11(10-14(19)20)12-4-6-13(7-5-12)17-15(21)18(3)9-8-16-2/h4-7,11,16H,8-10H2,1-3H3,(H,17,21)(H,19,20). The average molecular weight is 293 g/mol. The molecule has 0 aromatic heterocycles. The number of urea groups is 1. The van der Waals surface area contributed by atoms with Gasteiger partial charge in [0.25, 0.3) is 0 Å². The third-order valence-corrected chi connectivity index (χ3v) is 3.26. The van der Waals surface area contributed by atoms with E-state index in [1.54, 1.807) is 24.1 Å². The highest BCUT2D eigenvalue weighted by Gasteiger charge is 2.11. The lowest BCUT2D eigenvalue weighted by molar-refractivity contribution is -0.137. The van der Waals surface area contributed by atoms with Gasteiger partial charge in [0, 0.05) is 25.8 Å². The van der Waals surface area contributed by atoms with Gasteiger partial charge in [0.05, 0.1) is 6.42 Å². The quantitative estimate of drug-likeness (QED) is 0.717. The summed E-state index contributed by atoms with van der Waals surface area (Å²) in [6.07, 6.45) is 0.0957. The molecule has 1 aromatic rings. The zero-order chi connectivity index (χ0) is 15.8. The molecule has 0 heterocycles. The summed E-state index contributed by atoms with van der Waals surface area (Å²) in [5.74, 6) is -0.864. The van der Waals surface area contributed by atoms with Crippen molar-refractivity contribution in [3.05, 3.63) is 29.8 Å². The molecule has 0 radical (unpaired) electrons. The van der Waals surface area contributed by atoms with Crippen molar-refractivity contribution in [2.75, 3.05) is 32.5 Å². The number of amides is 2. The first-order valence-electron chi connectivity index (χ1n) is 6.92. The van der Waals surface area contributed by atoms with E-state index >= 15 is 0 Å². The molecule has 0 spiro atoms.